The Balaban J connectivity index is 1.37. The van der Waals surface area contributed by atoms with Gasteiger partial charge in [0.2, 0.25) is 0 Å². The van der Waals surface area contributed by atoms with Crippen LogP contribution in [0.2, 0.25) is 0 Å². The zero-order valence-electron chi connectivity index (χ0n) is 13.9. The van der Waals surface area contributed by atoms with Crippen molar-refractivity contribution in [2.45, 2.75) is 51.2 Å². The van der Waals surface area contributed by atoms with E-state index >= 15 is 0 Å². The quantitative estimate of drug-likeness (QED) is 0.839. The summed E-state index contributed by atoms with van der Waals surface area (Å²) in [5.41, 5.74) is 2.15. The summed E-state index contributed by atoms with van der Waals surface area (Å²) >= 11 is 0. The van der Waals surface area contributed by atoms with Crippen LogP contribution in [-0.4, -0.2) is 46.4 Å². The minimum atomic E-state index is 0.147. The van der Waals surface area contributed by atoms with E-state index in [-0.39, 0.29) is 12.2 Å². The van der Waals surface area contributed by atoms with Crippen molar-refractivity contribution in [3.63, 3.8) is 0 Å². The molecule has 0 N–H and O–H groups in total. The molecule has 2 aromatic rings. The molecule has 1 saturated heterocycles. The topological polar surface area (TPSA) is 60.6 Å². The van der Waals surface area contributed by atoms with E-state index < -0.39 is 0 Å². The number of fused-ring (bicyclic) bond motifs is 1. The highest BCUT2D eigenvalue weighted by Crippen LogP contribution is 2.33. The van der Waals surface area contributed by atoms with Gasteiger partial charge in [-0.15, -0.1) is 0 Å². The van der Waals surface area contributed by atoms with Crippen LogP contribution in [0.5, 0.6) is 0 Å². The number of nitrogens with zero attached hydrogens (tertiary/aromatic N) is 3. The average Bonchev–Trinajstić information content (AvgIpc) is 3.21. The zero-order chi connectivity index (χ0) is 16.4. The van der Waals surface area contributed by atoms with Gasteiger partial charge in [0.1, 0.15) is 5.76 Å². The molecule has 1 aliphatic carbocycles. The van der Waals surface area contributed by atoms with E-state index in [0.29, 0.717) is 12.6 Å². The molecule has 2 aromatic heterocycles. The van der Waals surface area contributed by atoms with E-state index in [1.165, 1.54) is 0 Å². The van der Waals surface area contributed by atoms with Crippen LogP contribution in [0.1, 0.15) is 29.9 Å². The molecule has 2 aliphatic rings. The number of pyridine rings is 1. The number of rotatable bonds is 5. The van der Waals surface area contributed by atoms with E-state index in [2.05, 4.69) is 15.0 Å². The maximum atomic E-state index is 6.15. The Morgan fingerprint density at radius 2 is 2.17 bits per heavy atom. The lowest BCUT2D eigenvalue weighted by Crippen LogP contribution is -2.51. The van der Waals surface area contributed by atoms with Gasteiger partial charge in [-0.1, -0.05) is 5.16 Å². The lowest BCUT2D eigenvalue weighted by Gasteiger charge is -2.38. The van der Waals surface area contributed by atoms with Crippen LogP contribution in [-0.2, 0) is 22.6 Å². The van der Waals surface area contributed by atoms with Gasteiger partial charge in [0.15, 0.2) is 0 Å². The maximum absolute atomic E-state index is 6.15. The van der Waals surface area contributed by atoms with E-state index in [1.54, 1.807) is 12.4 Å². The summed E-state index contributed by atoms with van der Waals surface area (Å²) in [5, 5.41) is 4.12. The van der Waals surface area contributed by atoms with Gasteiger partial charge >= 0.3 is 0 Å². The van der Waals surface area contributed by atoms with Crippen molar-refractivity contribution in [3.05, 3.63) is 47.6 Å². The number of ether oxygens (including phenoxy) is 2. The van der Waals surface area contributed by atoms with Crippen molar-refractivity contribution in [2.75, 3.05) is 13.2 Å². The van der Waals surface area contributed by atoms with Crippen LogP contribution in [0, 0.1) is 6.92 Å². The first-order valence-electron chi connectivity index (χ1n) is 8.58. The summed E-state index contributed by atoms with van der Waals surface area (Å²) in [5.74, 6) is 0.861. The fraction of sp³-hybridized carbons (Fsp3) is 0.556. The maximum Gasteiger partial charge on any atom is 0.133 e. The molecule has 1 aliphatic heterocycles. The van der Waals surface area contributed by atoms with Crippen LogP contribution >= 0.6 is 0 Å². The summed E-state index contributed by atoms with van der Waals surface area (Å²) < 4.78 is 17.4. The minimum absolute atomic E-state index is 0.147. The highest BCUT2D eigenvalue weighted by molar-refractivity contribution is 5.09. The van der Waals surface area contributed by atoms with Crippen LogP contribution in [0.15, 0.2) is 35.1 Å². The molecule has 128 valence electrons. The number of aromatic nitrogens is 2. The second-order valence-corrected chi connectivity index (χ2v) is 6.58. The highest BCUT2D eigenvalue weighted by Gasteiger charge is 2.43. The van der Waals surface area contributed by atoms with Crippen molar-refractivity contribution in [1.29, 1.82) is 0 Å². The van der Waals surface area contributed by atoms with Gasteiger partial charge in [-0.3, -0.25) is 9.88 Å². The molecule has 0 amide bonds. The summed E-state index contributed by atoms with van der Waals surface area (Å²) in [7, 11) is 0. The molecule has 0 unspecified atom stereocenters. The molecular weight excluding hydrogens is 306 g/mol. The van der Waals surface area contributed by atoms with Gasteiger partial charge in [0, 0.05) is 37.6 Å². The molecule has 4 rings (SSSR count). The standard InChI is InChI=1S/C18H23N3O3/c1-13-10-15(20-24-13)11-21-8-9-22-18-16(21)2-3-17(18)23-12-14-4-6-19-7-5-14/h4-7,10,16-18H,2-3,8-9,11-12H2,1H3/t16-,17-,18-/m0/s1. The first-order chi connectivity index (χ1) is 11.8. The summed E-state index contributed by atoms with van der Waals surface area (Å²) in [4.78, 5) is 6.50. The third-order valence-electron chi connectivity index (χ3n) is 4.91. The second-order valence-electron chi connectivity index (χ2n) is 6.58. The Bertz CT molecular complexity index is 661. The smallest absolute Gasteiger partial charge is 0.133 e. The predicted molar refractivity (Wildman–Crippen MR) is 87.2 cm³/mol. The van der Waals surface area contributed by atoms with Gasteiger partial charge in [0.05, 0.1) is 31.1 Å². The van der Waals surface area contributed by atoms with Crippen LogP contribution in [0.4, 0.5) is 0 Å². The van der Waals surface area contributed by atoms with E-state index in [0.717, 1.165) is 49.6 Å². The summed E-state index contributed by atoms with van der Waals surface area (Å²) in [6.07, 6.45) is 6.04. The third-order valence-corrected chi connectivity index (χ3v) is 4.91. The first kappa shape index (κ1) is 15.7. The molecule has 0 bridgehead atoms. The fourth-order valence-corrected chi connectivity index (χ4v) is 3.75. The van der Waals surface area contributed by atoms with Crippen LogP contribution < -0.4 is 0 Å². The molecule has 1 saturated carbocycles. The molecule has 3 heterocycles. The molecule has 0 aromatic carbocycles. The summed E-state index contributed by atoms with van der Waals surface area (Å²) in [6.45, 7) is 5.04. The van der Waals surface area contributed by atoms with Gasteiger partial charge < -0.3 is 14.0 Å². The van der Waals surface area contributed by atoms with E-state index in [1.807, 2.05) is 25.1 Å². The van der Waals surface area contributed by atoms with Crippen molar-refractivity contribution in [2.24, 2.45) is 0 Å². The average molecular weight is 329 g/mol. The number of aryl methyl sites for hydroxylation is 1. The molecule has 2 fully saturated rings. The monoisotopic (exact) mass is 329 g/mol. The molecule has 24 heavy (non-hydrogen) atoms. The lowest BCUT2D eigenvalue weighted by atomic mass is 10.1. The van der Waals surface area contributed by atoms with Gasteiger partial charge in [-0.2, -0.15) is 0 Å². The molecule has 0 radical (unpaired) electrons. The Morgan fingerprint density at radius 3 is 2.96 bits per heavy atom. The molecule has 6 nitrogen and oxygen atoms in total. The Kier molecular flexibility index (Phi) is 4.60. The SMILES string of the molecule is Cc1cc(CN2CCO[C@@H]3[C@@H](OCc4ccncc4)CC[C@@H]32)no1. The molecule has 0 spiro atoms. The van der Waals surface area contributed by atoms with Gasteiger partial charge in [-0.05, 0) is 37.5 Å². The summed E-state index contributed by atoms with van der Waals surface area (Å²) in [6, 6.07) is 6.40. The highest BCUT2D eigenvalue weighted by atomic mass is 16.5. The Hall–Kier alpha value is -1.76. The number of morpholine rings is 1. The fourth-order valence-electron chi connectivity index (χ4n) is 3.75. The van der Waals surface area contributed by atoms with Crippen LogP contribution in [0.3, 0.4) is 0 Å². The Morgan fingerprint density at radius 1 is 1.29 bits per heavy atom. The van der Waals surface area contributed by atoms with Crippen molar-refractivity contribution in [3.8, 4) is 0 Å². The second kappa shape index (κ2) is 7.01. The largest absolute Gasteiger partial charge is 0.373 e. The van der Waals surface area contributed by atoms with E-state index in [4.69, 9.17) is 14.0 Å². The lowest BCUT2D eigenvalue weighted by molar-refractivity contribution is -0.119. The molecular formula is C18H23N3O3. The normalized spacial score (nSPS) is 27.3. The van der Waals surface area contributed by atoms with Crippen LogP contribution in [0.25, 0.3) is 0 Å². The third kappa shape index (κ3) is 3.36. The van der Waals surface area contributed by atoms with Crippen molar-refractivity contribution in [1.82, 2.24) is 15.0 Å². The van der Waals surface area contributed by atoms with E-state index in [9.17, 15) is 0 Å². The molecule has 3 atom stereocenters. The first-order valence-corrected chi connectivity index (χ1v) is 8.58. The van der Waals surface area contributed by atoms with Crippen molar-refractivity contribution < 1.29 is 14.0 Å². The molecule has 6 heteroatoms. The minimum Gasteiger partial charge on any atom is -0.373 e. The van der Waals surface area contributed by atoms with Gasteiger partial charge in [-0.25, -0.2) is 0 Å². The Labute approximate surface area is 141 Å². The number of hydrogen-bond donors (Lipinski definition) is 0. The van der Waals surface area contributed by atoms with Crippen molar-refractivity contribution >= 4 is 0 Å². The predicted octanol–water partition coefficient (Wildman–Crippen LogP) is 2.33. The zero-order valence-corrected chi connectivity index (χ0v) is 13.9. The van der Waals surface area contributed by atoms with Gasteiger partial charge in [0.25, 0.3) is 0 Å². The number of hydrogen-bond acceptors (Lipinski definition) is 6.